The minimum atomic E-state index is -4.01. The first-order valence-corrected chi connectivity index (χ1v) is 13.2. The molecule has 0 spiro atoms. The van der Waals surface area contributed by atoms with Crippen molar-refractivity contribution in [2.45, 2.75) is 56.2 Å². The van der Waals surface area contributed by atoms with Crippen molar-refractivity contribution >= 4 is 38.9 Å². The number of fused-ring (bicyclic) bond motifs is 1. The predicted molar refractivity (Wildman–Crippen MR) is 123 cm³/mol. The molecule has 4 rings (SSSR count). The van der Waals surface area contributed by atoms with E-state index in [1.165, 1.54) is 13.5 Å². The zero-order chi connectivity index (χ0) is 22.9. The Balaban J connectivity index is 1.66. The lowest BCUT2D eigenvalue weighted by Gasteiger charge is -2.32. The fourth-order valence-corrected chi connectivity index (χ4v) is 7.58. The maximum absolute atomic E-state index is 13.3. The number of nitrogens with one attached hydrogen (secondary N) is 1. The third kappa shape index (κ3) is 4.41. The molecule has 32 heavy (non-hydrogen) atoms. The Morgan fingerprint density at radius 2 is 1.88 bits per heavy atom. The highest BCUT2D eigenvalue weighted by Gasteiger charge is 2.36. The van der Waals surface area contributed by atoms with Crippen molar-refractivity contribution in [1.29, 1.82) is 0 Å². The Labute approximate surface area is 192 Å². The second kappa shape index (κ2) is 9.23. The maximum atomic E-state index is 13.3. The lowest BCUT2D eigenvalue weighted by Crippen LogP contribution is -2.40. The van der Waals surface area contributed by atoms with Gasteiger partial charge in [0.25, 0.3) is 10.0 Å². The SMILES string of the molecule is COC(=O)c1c(S(=O)(=O)Nc2ccccc2C)sc2c1CCN(C(=O)C1CCCCC1)C2. The molecule has 1 saturated carbocycles. The molecule has 0 saturated heterocycles. The molecule has 1 fully saturated rings. The summed E-state index contributed by atoms with van der Waals surface area (Å²) >= 11 is 1.06. The van der Waals surface area contributed by atoms with E-state index >= 15 is 0 Å². The van der Waals surface area contributed by atoms with Crippen molar-refractivity contribution in [1.82, 2.24) is 4.90 Å². The molecular weight excluding hydrogens is 448 g/mol. The van der Waals surface area contributed by atoms with Crippen LogP contribution in [0.15, 0.2) is 28.5 Å². The summed E-state index contributed by atoms with van der Waals surface area (Å²) < 4.78 is 34.1. The molecule has 0 atom stereocenters. The summed E-state index contributed by atoms with van der Waals surface area (Å²) in [7, 11) is -2.76. The fourth-order valence-electron chi connectivity index (χ4n) is 4.55. The maximum Gasteiger partial charge on any atom is 0.340 e. The van der Waals surface area contributed by atoms with E-state index in [0.717, 1.165) is 47.5 Å². The Morgan fingerprint density at radius 1 is 1.16 bits per heavy atom. The predicted octanol–water partition coefficient (Wildman–Crippen LogP) is 4.11. The lowest BCUT2D eigenvalue weighted by atomic mass is 9.88. The molecule has 1 aromatic carbocycles. The summed E-state index contributed by atoms with van der Waals surface area (Å²) in [5.74, 6) is -0.471. The van der Waals surface area contributed by atoms with Gasteiger partial charge in [0.05, 0.1) is 24.9 Å². The van der Waals surface area contributed by atoms with Gasteiger partial charge in [-0.2, -0.15) is 0 Å². The number of esters is 1. The molecule has 0 bridgehead atoms. The molecule has 9 heteroatoms. The fraction of sp³-hybridized carbons (Fsp3) is 0.478. The zero-order valence-corrected chi connectivity index (χ0v) is 20.0. The first kappa shape index (κ1) is 22.8. The summed E-state index contributed by atoms with van der Waals surface area (Å²) in [5, 5.41) is 0. The Hall–Kier alpha value is -2.39. The Kier molecular flexibility index (Phi) is 6.57. The van der Waals surface area contributed by atoms with E-state index in [2.05, 4.69) is 4.72 Å². The molecular formula is C23H28N2O5S2. The number of hydrogen-bond donors (Lipinski definition) is 1. The molecule has 1 amide bonds. The van der Waals surface area contributed by atoms with Gasteiger partial charge in [0.1, 0.15) is 0 Å². The van der Waals surface area contributed by atoms with Gasteiger partial charge < -0.3 is 9.64 Å². The third-order valence-corrected chi connectivity index (χ3v) is 9.41. The van der Waals surface area contributed by atoms with Crippen LogP contribution in [0.2, 0.25) is 0 Å². The molecule has 2 aliphatic rings. The number of rotatable bonds is 5. The summed E-state index contributed by atoms with van der Waals surface area (Å²) in [6.07, 6.45) is 5.60. The molecule has 2 aromatic rings. The zero-order valence-electron chi connectivity index (χ0n) is 18.3. The van der Waals surface area contributed by atoms with Crippen molar-refractivity contribution in [3.05, 3.63) is 45.8 Å². The van der Waals surface area contributed by atoms with Crippen LogP contribution in [-0.4, -0.2) is 38.8 Å². The van der Waals surface area contributed by atoms with Crippen LogP contribution in [0, 0.1) is 12.8 Å². The average Bonchev–Trinajstić information content (AvgIpc) is 3.20. The highest BCUT2D eigenvalue weighted by molar-refractivity contribution is 7.94. The first-order valence-electron chi connectivity index (χ1n) is 10.9. The molecule has 172 valence electrons. The van der Waals surface area contributed by atoms with Gasteiger partial charge in [-0.05, 0) is 43.4 Å². The Bertz CT molecular complexity index is 1130. The van der Waals surface area contributed by atoms with Crippen molar-refractivity contribution in [3.63, 3.8) is 0 Å². The van der Waals surface area contributed by atoms with Crippen LogP contribution in [0.4, 0.5) is 5.69 Å². The molecule has 7 nitrogen and oxygen atoms in total. The summed E-state index contributed by atoms with van der Waals surface area (Å²) in [6, 6.07) is 7.07. The van der Waals surface area contributed by atoms with Crippen LogP contribution in [0.25, 0.3) is 0 Å². The number of amides is 1. The van der Waals surface area contributed by atoms with Gasteiger partial charge in [0.15, 0.2) is 4.21 Å². The number of aryl methyl sites for hydroxylation is 1. The van der Waals surface area contributed by atoms with E-state index in [4.69, 9.17) is 4.74 Å². The van der Waals surface area contributed by atoms with E-state index in [9.17, 15) is 18.0 Å². The van der Waals surface area contributed by atoms with Crippen molar-refractivity contribution in [2.24, 2.45) is 5.92 Å². The first-order chi connectivity index (χ1) is 15.3. The van der Waals surface area contributed by atoms with Crippen LogP contribution in [0.1, 0.15) is 58.5 Å². The topological polar surface area (TPSA) is 92.8 Å². The van der Waals surface area contributed by atoms with Gasteiger partial charge in [-0.1, -0.05) is 37.5 Å². The monoisotopic (exact) mass is 476 g/mol. The largest absolute Gasteiger partial charge is 0.465 e. The van der Waals surface area contributed by atoms with Crippen LogP contribution >= 0.6 is 11.3 Å². The molecule has 1 aliphatic carbocycles. The highest BCUT2D eigenvalue weighted by Crippen LogP contribution is 2.38. The smallest absolute Gasteiger partial charge is 0.340 e. The Morgan fingerprint density at radius 3 is 2.56 bits per heavy atom. The average molecular weight is 477 g/mol. The second-order valence-electron chi connectivity index (χ2n) is 8.42. The van der Waals surface area contributed by atoms with Gasteiger partial charge in [0, 0.05) is 17.3 Å². The number of anilines is 1. The molecule has 1 aromatic heterocycles. The minimum absolute atomic E-state index is 0.0513. The third-order valence-electron chi connectivity index (χ3n) is 6.31. The van der Waals surface area contributed by atoms with Gasteiger partial charge >= 0.3 is 5.97 Å². The van der Waals surface area contributed by atoms with E-state index in [-0.39, 0.29) is 21.6 Å². The van der Waals surface area contributed by atoms with Crippen LogP contribution in [-0.2, 0) is 32.5 Å². The normalized spacial score (nSPS) is 17.0. The number of para-hydroxylation sites is 1. The van der Waals surface area contributed by atoms with Gasteiger partial charge in [-0.15, -0.1) is 11.3 Å². The van der Waals surface area contributed by atoms with Gasteiger partial charge in [-0.3, -0.25) is 9.52 Å². The number of carbonyl (C=O) groups excluding carboxylic acids is 2. The van der Waals surface area contributed by atoms with E-state index in [0.29, 0.717) is 30.8 Å². The number of methoxy groups -OCH3 is 1. The quantitative estimate of drug-likeness (QED) is 0.656. The number of ether oxygens (including phenoxy) is 1. The summed E-state index contributed by atoms with van der Waals surface area (Å²) in [5.41, 5.74) is 2.02. The van der Waals surface area contributed by atoms with Crippen LogP contribution < -0.4 is 4.72 Å². The number of benzene rings is 1. The minimum Gasteiger partial charge on any atom is -0.465 e. The molecule has 2 heterocycles. The lowest BCUT2D eigenvalue weighted by molar-refractivity contribution is -0.137. The van der Waals surface area contributed by atoms with Crippen molar-refractivity contribution in [2.75, 3.05) is 18.4 Å². The number of hydrogen-bond acceptors (Lipinski definition) is 6. The highest BCUT2D eigenvalue weighted by atomic mass is 32.2. The molecule has 1 N–H and O–H groups in total. The second-order valence-corrected chi connectivity index (χ2v) is 11.4. The number of thiophene rings is 1. The molecule has 0 unspecified atom stereocenters. The van der Waals surface area contributed by atoms with Gasteiger partial charge in [0.2, 0.25) is 5.91 Å². The summed E-state index contributed by atoms with van der Waals surface area (Å²) in [4.78, 5) is 28.2. The van der Waals surface area contributed by atoms with Gasteiger partial charge in [-0.25, -0.2) is 13.2 Å². The standard InChI is InChI=1S/C23H28N2O5S2/c1-15-8-6-7-11-18(15)24-32(28,29)23-20(22(27)30-2)17-12-13-25(14-19(17)31-23)21(26)16-9-4-3-5-10-16/h6-8,11,16,24H,3-5,9-10,12-14H2,1-2H3. The number of nitrogens with zero attached hydrogens (tertiary/aromatic N) is 1. The van der Waals surface area contributed by atoms with E-state index in [1.807, 2.05) is 24.0 Å². The molecule has 0 radical (unpaired) electrons. The van der Waals surface area contributed by atoms with Crippen LogP contribution in [0.3, 0.4) is 0 Å². The summed E-state index contributed by atoms with van der Waals surface area (Å²) in [6.45, 7) is 2.63. The van der Waals surface area contributed by atoms with E-state index in [1.54, 1.807) is 12.1 Å². The number of sulfonamides is 1. The molecule has 1 aliphatic heterocycles. The van der Waals surface area contributed by atoms with E-state index < -0.39 is 16.0 Å². The van der Waals surface area contributed by atoms with Crippen molar-refractivity contribution < 1.29 is 22.7 Å². The number of carbonyl (C=O) groups is 2. The van der Waals surface area contributed by atoms with Crippen LogP contribution in [0.5, 0.6) is 0 Å². The van der Waals surface area contributed by atoms with Crippen molar-refractivity contribution in [3.8, 4) is 0 Å².